The number of hydrogen-bond donors (Lipinski definition) is 1. The molecular formula is C26H26N2O2. The molecular weight excluding hydrogens is 372 g/mol. The minimum Gasteiger partial charge on any atom is -0.444 e. The van der Waals surface area contributed by atoms with E-state index in [0.717, 1.165) is 17.7 Å². The lowest BCUT2D eigenvalue weighted by atomic mass is 9.73. The Kier molecular flexibility index (Phi) is 4.50. The van der Waals surface area contributed by atoms with Crippen LogP contribution in [-0.2, 0) is 16.8 Å². The number of carbonyl (C=O) groups excluding carboxylic acids is 1. The molecule has 2 aliphatic heterocycles. The minimum atomic E-state index is -0.269. The number of fused-ring (bicyclic) bond motifs is 3. The van der Waals surface area contributed by atoms with Crippen molar-refractivity contribution >= 4 is 11.8 Å². The molecule has 152 valence electrons. The van der Waals surface area contributed by atoms with Gasteiger partial charge < -0.3 is 10.1 Å². The van der Waals surface area contributed by atoms with E-state index in [-0.39, 0.29) is 24.3 Å². The summed E-state index contributed by atoms with van der Waals surface area (Å²) >= 11 is 0. The van der Waals surface area contributed by atoms with Crippen molar-refractivity contribution in [2.45, 2.75) is 38.5 Å². The van der Waals surface area contributed by atoms with Crippen molar-refractivity contribution in [2.75, 3.05) is 11.9 Å². The lowest BCUT2D eigenvalue weighted by Crippen LogP contribution is -2.46. The fourth-order valence-electron chi connectivity index (χ4n) is 4.92. The predicted octanol–water partition coefficient (Wildman–Crippen LogP) is 5.38. The van der Waals surface area contributed by atoms with Crippen molar-refractivity contribution in [1.82, 2.24) is 4.90 Å². The van der Waals surface area contributed by atoms with Gasteiger partial charge in [-0.3, -0.25) is 4.90 Å². The van der Waals surface area contributed by atoms with E-state index < -0.39 is 0 Å². The van der Waals surface area contributed by atoms with Gasteiger partial charge in [0, 0.05) is 12.2 Å². The van der Waals surface area contributed by atoms with Crippen LogP contribution in [-0.4, -0.2) is 23.7 Å². The Morgan fingerprint density at radius 3 is 2.53 bits per heavy atom. The third kappa shape index (κ3) is 2.95. The van der Waals surface area contributed by atoms with Crippen LogP contribution in [0, 0.1) is 13.8 Å². The molecule has 0 spiro atoms. The van der Waals surface area contributed by atoms with Crippen molar-refractivity contribution in [3.05, 3.63) is 101 Å². The molecule has 4 heteroatoms. The molecule has 0 aromatic heterocycles. The van der Waals surface area contributed by atoms with E-state index in [0.29, 0.717) is 6.54 Å². The molecule has 2 aliphatic rings. The molecule has 0 saturated carbocycles. The highest BCUT2D eigenvalue weighted by atomic mass is 16.6. The Morgan fingerprint density at radius 2 is 1.77 bits per heavy atom. The van der Waals surface area contributed by atoms with Crippen LogP contribution in [0.5, 0.6) is 0 Å². The SMILES string of the molecule is Cc1ccc([C@]23CCN(C(=O)OCc4ccccc4)[C@H]2Nc2ccc(C)cc23)cc1. The van der Waals surface area contributed by atoms with E-state index in [9.17, 15) is 4.79 Å². The lowest BCUT2D eigenvalue weighted by Gasteiger charge is -2.33. The molecule has 4 nitrogen and oxygen atoms in total. The summed E-state index contributed by atoms with van der Waals surface area (Å²) in [6, 6.07) is 25.1. The number of hydrogen-bond acceptors (Lipinski definition) is 3. The number of rotatable bonds is 3. The zero-order valence-electron chi connectivity index (χ0n) is 17.4. The molecule has 1 amide bonds. The van der Waals surface area contributed by atoms with Crippen LogP contribution in [0.4, 0.5) is 10.5 Å². The number of nitrogens with one attached hydrogen (secondary N) is 1. The number of amides is 1. The van der Waals surface area contributed by atoms with Crippen molar-refractivity contribution in [1.29, 1.82) is 0 Å². The summed E-state index contributed by atoms with van der Waals surface area (Å²) in [4.78, 5) is 14.9. The molecule has 5 rings (SSSR count). The van der Waals surface area contributed by atoms with Crippen molar-refractivity contribution in [2.24, 2.45) is 0 Å². The first-order chi connectivity index (χ1) is 14.6. The van der Waals surface area contributed by atoms with Crippen LogP contribution in [0.2, 0.25) is 0 Å². The summed E-state index contributed by atoms with van der Waals surface area (Å²) in [5, 5.41) is 3.63. The number of ether oxygens (including phenoxy) is 1. The highest BCUT2D eigenvalue weighted by Crippen LogP contribution is 2.53. The lowest BCUT2D eigenvalue weighted by molar-refractivity contribution is 0.0930. The average molecular weight is 399 g/mol. The smallest absolute Gasteiger partial charge is 0.411 e. The predicted molar refractivity (Wildman–Crippen MR) is 118 cm³/mol. The Labute approximate surface area is 177 Å². The maximum Gasteiger partial charge on any atom is 0.411 e. The van der Waals surface area contributed by atoms with Gasteiger partial charge in [-0.1, -0.05) is 77.9 Å². The molecule has 3 aromatic carbocycles. The highest BCUT2D eigenvalue weighted by molar-refractivity contribution is 5.75. The van der Waals surface area contributed by atoms with Gasteiger partial charge in [0.15, 0.2) is 0 Å². The molecule has 2 atom stereocenters. The minimum absolute atomic E-state index is 0.153. The number of benzene rings is 3. The number of carbonyl (C=O) groups is 1. The van der Waals surface area contributed by atoms with Crippen LogP contribution in [0.15, 0.2) is 72.8 Å². The molecule has 1 fully saturated rings. The van der Waals surface area contributed by atoms with Crippen molar-refractivity contribution in [3.8, 4) is 0 Å². The summed E-state index contributed by atoms with van der Waals surface area (Å²) in [6.45, 7) is 5.17. The Hall–Kier alpha value is -3.27. The highest BCUT2D eigenvalue weighted by Gasteiger charge is 2.56. The monoisotopic (exact) mass is 398 g/mol. The van der Waals surface area contributed by atoms with Gasteiger partial charge in [0.2, 0.25) is 0 Å². The van der Waals surface area contributed by atoms with Crippen LogP contribution < -0.4 is 5.32 Å². The summed E-state index contributed by atoms with van der Waals surface area (Å²) in [6.07, 6.45) is 0.445. The van der Waals surface area contributed by atoms with Crippen molar-refractivity contribution < 1.29 is 9.53 Å². The van der Waals surface area contributed by atoms with Gasteiger partial charge in [0.1, 0.15) is 12.8 Å². The van der Waals surface area contributed by atoms with Gasteiger partial charge >= 0.3 is 6.09 Å². The van der Waals surface area contributed by atoms with Crippen molar-refractivity contribution in [3.63, 3.8) is 0 Å². The van der Waals surface area contributed by atoms with E-state index in [1.807, 2.05) is 35.2 Å². The molecule has 1 N–H and O–H groups in total. The fraction of sp³-hybridized carbons (Fsp3) is 0.269. The Bertz CT molecular complexity index is 1080. The molecule has 0 aliphatic carbocycles. The molecule has 0 unspecified atom stereocenters. The first-order valence-electron chi connectivity index (χ1n) is 10.5. The number of aryl methyl sites for hydroxylation is 2. The van der Waals surface area contributed by atoms with Gasteiger partial charge in [0.05, 0.1) is 5.41 Å². The number of nitrogens with zero attached hydrogens (tertiary/aromatic N) is 1. The quantitative estimate of drug-likeness (QED) is 0.644. The number of anilines is 1. The van der Waals surface area contributed by atoms with Gasteiger partial charge in [-0.15, -0.1) is 0 Å². The van der Waals surface area contributed by atoms with E-state index in [2.05, 4.69) is 61.6 Å². The maximum absolute atomic E-state index is 13.1. The third-order valence-corrected chi connectivity index (χ3v) is 6.48. The summed E-state index contributed by atoms with van der Waals surface area (Å²) < 4.78 is 5.69. The van der Waals surface area contributed by atoms with Gasteiger partial charge in [0.25, 0.3) is 0 Å². The zero-order valence-corrected chi connectivity index (χ0v) is 17.4. The van der Waals surface area contributed by atoms with Crippen LogP contribution in [0.25, 0.3) is 0 Å². The summed E-state index contributed by atoms with van der Waals surface area (Å²) in [5.41, 5.74) is 6.82. The molecule has 2 heterocycles. The third-order valence-electron chi connectivity index (χ3n) is 6.48. The van der Waals surface area contributed by atoms with Gasteiger partial charge in [-0.25, -0.2) is 4.79 Å². The Balaban J connectivity index is 1.48. The second-order valence-corrected chi connectivity index (χ2v) is 8.42. The van der Waals surface area contributed by atoms with Crippen LogP contribution in [0.3, 0.4) is 0 Å². The Morgan fingerprint density at radius 1 is 1.03 bits per heavy atom. The van der Waals surface area contributed by atoms with Crippen LogP contribution >= 0.6 is 0 Å². The number of likely N-dealkylation sites (tertiary alicyclic amines) is 1. The second-order valence-electron chi connectivity index (χ2n) is 8.42. The fourth-order valence-corrected chi connectivity index (χ4v) is 4.92. The second kappa shape index (κ2) is 7.21. The first kappa shape index (κ1) is 18.7. The summed E-state index contributed by atoms with van der Waals surface area (Å²) in [5.74, 6) is 0. The largest absolute Gasteiger partial charge is 0.444 e. The molecule has 30 heavy (non-hydrogen) atoms. The average Bonchev–Trinajstić information content (AvgIpc) is 3.28. The van der Waals surface area contributed by atoms with E-state index >= 15 is 0 Å². The standard InChI is InChI=1S/C26H26N2O2/c1-18-8-11-21(12-9-18)26-14-15-28(25(29)30-17-20-6-4-3-5-7-20)24(26)27-23-13-10-19(2)16-22(23)26/h3-13,16,24,27H,14-15,17H2,1-2H3/t24-,26+/m1/s1. The molecule has 3 aromatic rings. The zero-order chi connectivity index (χ0) is 20.7. The molecule has 0 radical (unpaired) electrons. The van der Waals surface area contributed by atoms with E-state index in [1.54, 1.807) is 0 Å². The summed E-state index contributed by atoms with van der Waals surface area (Å²) in [7, 11) is 0. The normalized spacial score (nSPS) is 21.7. The van der Waals surface area contributed by atoms with E-state index in [4.69, 9.17) is 4.74 Å². The molecule has 1 saturated heterocycles. The maximum atomic E-state index is 13.1. The van der Waals surface area contributed by atoms with E-state index in [1.165, 1.54) is 22.3 Å². The first-order valence-corrected chi connectivity index (χ1v) is 10.5. The molecule has 0 bridgehead atoms. The van der Waals surface area contributed by atoms with Gasteiger partial charge in [-0.2, -0.15) is 0 Å². The van der Waals surface area contributed by atoms with Gasteiger partial charge in [-0.05, 0) is 43.0 Å². The topological polar surface area (TPSA) is 41.6 Å². The van der Waals surface area contributed by atoms with Crippen LogP contribution in [0.1, 0.15) is 34.2 Å².